The van der Waals surface area contributed by atoms with Crippen LogP contribution in [-0.4, -0.2) is 39.9 Å². The molecule has 1 aromatic carbocycles. The summed E-state index contributed by atoms with van der Waals surface area (Å²) in [6, 6.07) is 2.30. The van der Waals surface area contributed by atoms with Gasteiger partial charge in [0.05, 0.1) is 34.9 Å². The summed E-state index contributed by atoms with van der Waals surface area (Å²) in [5.41, 5.74) is 0.924. The highest BCUT2D eigenvalue weighted by Crippen LogP contribution is 2.29. The average Bonchev–Trinajstić information content (AvgIpc) is 3.02. The summed E-state index contributed by atoms with van der Waals surface area (Å²) in [7, 11) is -3.17. The smallest absolute Gasteiger partial charge is 0.154 e. The maximum atomic E-state index is 14.5. The van der Waals surface area contributed by atoms with Crippen molar-refractivity contribution in [2.75, 3.05) is 11.5 Å². The number of nitrogens with zero attached hydrogens (tertiary/aromatic N) is 3. The highest BCUT2D eigenvalue weighted by Gasteiger charge is 2.22. The van der Waals surface area contributed by atoms with Gasteiger partial charge >= 0.3 is 0 Å². The van der Waals surface area contributed by atoms with E-state index in [1.54, 1.807) is 13.1 Å². The van der Waals surface area contributed by atoms with E-state index in [2.05, 4.69) is 15.6 Å². The van der Waals surface area contributed by atoms with E-state index in [1.807, 2.05) is 0 Å². The number of halogens is 2. The molecule has 0 spiro atoms. The first-order valence-electron chi connectivity index (χ1n) is 7.80. The summed E-state index contributed by atoms with van der Waals surface area (Å²) in [6.07, 6.45) is 3.00. The van der Waals surface area contributed by atoms with Gasteiger partial charge in [0.2, 0.25) is 0 Å². The van der Waals surface area contributed by atoms with Gasteiger partial charge in [0.15, 0.2) is 9.84 Å². The highest BCUT2D eigenvalue weighted by atomic mass is 32.2. The molecule has 6 nitrogen and oxygen atoms in total. The molecule has 2 heterocycles. The minimum Gasteiger partial charge on any atom is -0.374 e. The molecule has 10 heteroatoms. The van der Waals surface area contributed by atoms with Crippen molar-refractivity contribution >= 4 is 32.6 Å². The van der Waals surface area contributed by atoms with Crippen molar-refractivity contribution in [1.29, 1.82) is 0 Å². The Bertz CT molecular complexity index is 976. The van der Waals surface area contributed by atoms with E-state index >= 15 is 0 Å². The standard InChI is InChI=1S/C16H16F2N4O2S2/c1-10(25)19-8-12-9-22(21-20-12)13-6-14(17)16(15(18)7-13)11-2-4-26(23,24)5-3-11/h2,6-7,9H,3-5,8H2,1H3,(H,19,25). The normalized spacial score (nSPS) is 16.2. The molecule has 0 saturated heterocycles. The predicted octanol–water partition coefficient (Wildman–Crippen LogP) is 2.18. The molecule has 0 aliphatic carbocycles. The van der Waals surface area contributed by atoms with Gasteiger partial charge in [-0.15, -0.1) is 5.10 Å². The summed E-state index contributed by atoms with van der Waals surface area (Å²) in [5.74, 6) is -1.86. The Morgan fingerprint density at radius 1 is 1.35 bits per heavy atom. The van der Waals surface area contributed by atoms with Crippen LogP contribution in [0.3, 0.4) is 0 Å². The number of aromatic nitrogens is 3. The Kier molecular flexibility index (Phi) is 5.15. The van der Waals surface area contributed by atoms with Crippen LogP contribution < -0.4 is 5.32 Å². The van der Waals surface area contributed by atoms with Crippen molar-refractivity contribution < 1.29 is 17.2 Å². The van der Waals surface area contributed by atoms with Crippen molar-refractivity contribution in [3.05, 3.63) is 47.3 Å². The lowest BCUT2D eigenvalue weighted by molar-refractivity contribution is 0.570. The van der Waals surface area contributed by atoms with Crippen LogP contribution in [0.5, 0.6) is 0 Å². The zero-order valence-electron chi connectivity index (χ0n) is 13.9. The molecule has 1 aromatic heterocycles. The van der Waals surface area contributed by atoms with Gasteiger partial charge < -0.3 is 5.32 Å². The lowest BCUT2D eigenvalue weighted by atomic mass is 10.0. The van der Waals surface area contributed by atoms with Crippen molar-refractivity contribution in [3.63, 3.8) is 0 Å². The average molecular weight is 398 g/mol. The topological polar surface area (TPSA) is 76.9 Å². The molecule has 1 aliphatic rings. The van der Waals surface area contributed by atoms with E-state index in [9.17, 15) is 17.2 Å². The first-order valence-corrected chi connectivity index (χ1v) is 10.0. The largest absolute Gasteiger partial charge is 0.374 e. The maximum absolute atomic E-state index is 14.5. The fourth-order valence-electron chi connectivity index (χ4n) is 2.62. The van der Waals surface area contributed by atoms with E-state index in [0.29, 0.717) is 22.8 Å². The Labute approximate surface area is 154 Å². The van der Waals surface area contributed by atoms with Crippen LogP contribution in [0.25, 0.3) is 11.3 Å². The van der Waals surface area contributed by atoms with Crippen LogP contribution in [0.1, 0.15) is 24.6 Å². The first-order chi connectivity index (χ1) is 12.2. The molecule has 0 unspecified atom stereocenters. The van der Waals surface area contributed by atoms with Gasteiger partial charge in [0.1, 0.15) is 17.3 Å². The predicted molar refractivity (Wildman–Crippen MR) is 97.6 cm³/mol. The second-order valence-corrected chi connectivity index (χ2v) is 8.78. The number of nitrogens with one attached hydrogen (secondary N) is 1. The Hall–Kier alpha value is -2.20. The molecule has 1 N–H and O–H groups in total. The molecular weight excluding hydrogens is 382 g/mol. The summed E-state index contributed by atoms with van der Waals surface area (Å²) in [6.45, 7) is 2.09. The van der Waals surface area contributed by atoms with Crippen LogP contribution in [-0.2, 0) is 16.4 Å². The lowest BCUT2D eigenvalue weighted by Crippen LogP contribution is -2.17. The molecule has 2 aromatic rings. The van der Waals surface area contributed by atoms with Crippen LogP contribution in [0, 0.1) is 11.6 Å². The second-order valence-electron chi connectivity index (χ2n) is 5.94. The molecule has 0 fully saturated rings. The summed E-state index contributed by atoms with van der Waals surface area (Å²) >= 11 is 4.91. The van der Waals surface area contributed by atoms with Crippen LogP contribution in [0.4, 0.5) is 8.78 Å². The number of benzene rings is 1. The lowest BCUT2D eigenvalue weighted by Gasteiger charge is -2.15. The van der Waals surface area contributed by atoms with E-state index < -0.39 is 21.5 Å². The molecule has 0 amide bonds. The Balaban J connectivity index is 1.88. The summed E-state index contributed by atoms with van der Waals surface area (Å²) < 4.78 is 53.2. The van der Waals surface area contributed by atoms with Gasteiger partial charge in [0.25, 0.3) is 0 Å². The third-order valence-electron chi connectivity index (χ3n) is 3.94. The molecule has 0 atom stereocenters. The summed E-state index contributed by atoms with van der Waals surface area (Å²) in [5, 5.41) is 10.7. The minimum atomic E-state index is -3.17. The number of sulfone groups is 1. The Morgan fingerprint density at radius 2 is 2.04 bits per heavy atom. The third-order valence-corrected chi connectivity index (χ3v) is 5.58. The highest BCUT2D eigenvalue weighted by molar-refractivity contribution is 7.91. The molecule has 0 bridgehead atoms. The van der Waals surface area contributed by atoms with Gasteiger partial charge in [-0.2, -0.15) is 0 Å². The monoisotopic (exact) mass is 398 g/mol. The number of thiocarbonyl (C=S) groups is 1. The molecule has 26 heavy (non-hydrogen) atoms. The van der Waals surface area contributed by atoms with Crippen LogP contribution >= 0.6 is 12.2 Å². The second kappa shape index (κ2) is 7.20. The molecule has 0 radical (unpaired) electrons. The van der Waals surface area contributed by atoms with Crippen LogP contribution in [0.2, 0.25) is 0 Å². The number of allylic oxidation sites excluding steroid dienone is 1. The fourth-order valence-corrected chi connectivity index (χ4v) is 3.85. The van der Waals surface area contributed by atoms with Gasteiger partial charge in [-0.25, -0.2) is 21.9 Å². The van der Waals surface area contributed by atoms with Gasteiger partial charge in [-0.1, -0.05) is 23.5 Å². The van der Waals surface area contributed by atoms with Gasteiger partial charge in [0, 0.05) is 17.7 Å². The minimum absolute atomic E-state index is 0.0889. The van der Waals surface area contributed by atoms with Crippen molar-refractivity contribution in [2.45, 2.75) is 19.9 Å². The van der Waals surface area contributed by atoms with E-state index in [0.717, 1.165) is 12.1 Å². The molecule has 3 rings (SSSR count). The van der Waals surface area contributed by atoms with E-state index in [1.165, 1.54) is 10.8 Å². The van der Waals surface area contributed by atoms with E-state index in [4.69, 9.17) is 12.2 Å². The van der Waals surface area contributed by atoms with Crippen molar-refractivity contribution in [3.8, 4) is 5.69 Å². The SMILES string of the molecule is CC(=S)NCc1cn(-c2cc(F)c(C3=CCS(=O)(=O)CC3)c(F)c2)nn1. The van der Waals surface area contributed by atoms with Gasteiger partial charge in [-0.05, 0) is 18.9 Å². The van der Waals surface area contributed by atoms with Gasteiger partial charge in [-0.3, -0.25) is 0 Å². The fraction of sp³-hybridized carbons (Fsp3) is 0.312. The quantitative estimate of drug-likeness (QED) is 0.796. The molecule has 138 valence electrons. The molecule has 1 aliphatic heterocycles. The third kappa shape index (κ3) is 4.13. The maximum Gasteiger partial charge on any atom is 0.154 e. The zero-order chi connectivity index (χ0) is 18.9. The molecule has 0 saturated carbocycles. The summed E-state index contributed by atoms with van der Waals surface area (Å²) in [4.78, 5) is 0.601. The first kappa shape index (κ1) is 18.6. The van der Waals surface area contributed by atoms with E-state index in [-0.39, 0.29) is 29.2 Å². The zero-order valence-corrected chi connectivity index (χ0v) is 15.5. The van der Waals surface area contributed by atoms with Crippen molar-refractivity contribution in [1.82, 2.24) is 20.3 Å². The number of hydrogen-bond acceptors (Lipinski definition) is 5. The van der Waals surface area contributed by atoms with Crippen molar-refractivity contribution in [2.24, 2.45) is 0 Å². The number of rotatable bonds is 4. The molecular formula is C16H16F2N4O2S2. The Morgan fingerprint density at radius 3 is 2.62 bits per heavy atom. The number of hydrogen-bond donors (Lipinski definition) is 1. The van der Waals surface area contributed by atoms with Crippen LogP contribution in [0.15, 0.2) is 24.4 Å².